The number of hydrogen-bond acceptors (Lipinski definition) is 7. The summed E-state index contributed by atoms with van der Waals surface area (Å²) in [5, 5.41) is 8.74. The number of esters is 1. The standard InChI is InChI=1S/C17H31N2O5P/c1-12(2)19(13(3)4)25(22-9-7-8-18)23-11-16-17(24-15(6)20)14(5)10-21-16/h12-14,16-17H,7,9-11H2,1-6H3. The summed E-state index contributed by atoms with van der Waals surface area (Å²) < 4.78 is 25.2. The fraction of sp³-hybridized carbons (Fsp3) is 0.882. The highest BCUT2D eigenvalue weighted by Gasteiger charge is 2.38. The van der Waals surface area contributed by atoms with Gasteiger partial charge in [0.25, 0.3) is 8.53 Å². The Balaban J connectivity index is 2.73. The summed E-state index contributed by atoms with van der Waals surface area (Å²) >= 11 is 0. The van der Waals surface area contributed by atoms with Crippen LogP contribution in [0, 0.1) is 17.2 Å². The van der Waals surface area contributed by atoms with Gasteiger partial charge in [0, 0.05) is 24.9 Å². The molecule has 0 aromatic heterocycles. The zero-order valence-corrected chi connectivity index (χ0v) is 17.0. The summed E-state index contributed by atoms with van der Waals surface area (Å²) in [6.45, 7) is 12.9. The Labute approximate surface area is 152 Å². The smallest absolute Gasteiger partial charge is 0.303 e. The van der Waals surface area contributed by atoms with Crippen LogP contribution < -0.4 is 0 Å². The molecule has 4 unspecified atom stereocenters. The van der Waals surface area contributed by atoms with Crippen molar-refractivity contribution in [3.63, 3.8) is 0 Å². The van der Waals surface area contributed by atoms with Gasteiger partial charge in [0.2, 0.25) is 0 Å². The third kappa shape index (κ3) is 7.16. The summed E-state index contributed by atoms with van der Waals surface area (Å²) in [7, 11) is -1.32. The molecule has 1 aliphatic rings. The average Bonchev–Trinajstić information content (AvgIpc) is 2.84. The van der Waals surface area contributed by atoms with E-state index in [1.54, 1.807) is 0 Å². The first-order chi connectivity index (χ1) is 11.8. The van der Waals surface area contributed by atoms with Gasteiger partial charge in [-0.25, -0.2) is 4.67 Å². The SMILES string of the molecule is CC(=O)OC1C(C)COC1COP(OCCC#N)N(C(C)C)C(C)C. The van der Waals surface area contributed by atoms with Crippen LogP contribution in [0.4, 0.5) is 0 Å². The maximum Gasteiger partial charge on any atom is 0.303 e. The minimum Gasteiger partial charge on any atom is -0.459 e. The second kappa shape index (κ2) is 11.1. The quantitative estimate of drug-likeness (QED) is 0.330. The zero-order valence-electron chi connectivity index (χ0n) is 16.1. The Morgan fingerprint density at radius 2 is 1.96 bits per heavy atom. The molecule has 1 fully saturated rings. The Bertz CT molecular complexity index is 447. The van der Waals surface area contributed by atoms with E-state index in [-0.39, 0.29) is 42.8 Å². The molecule has 0 bridgehead atoms. The first-order valence-electron chi connectivity index (χ1n) is 8.77. The van der Waals surface area contributed by atoms with E-state index in [2.05, 4.69) is 38.4 Å². The number of nitriles is 1. The fourth-order valence-electron chi connectivity index (χ4n) is 2.81. The van der Waals surface area contributed by atoms with E-state index in [1.165, 1.54) is 6.92 Å². The van der Waals surface area contributed by atoms with Crippen LogP contribution in [0.5, 0.6) is 0 Å². The van der Waals surface area contributed by atoms with Crippen molar-refractivity contribution < 1.29 is 23.3 Å². The lowest BCUT2D eigenvalue weighted by Crippen LogP contribution is -2.36. The molecule has 1 rings (SSSR count). The highest BCUT2D eigenvalue weighted by Crippen LogP contribution is 2.46. The van der Waals surface area contributed by atoms with Gasteiger partial charge in [-0.3, -0.25) is 4.79 Å². The predicted octanol–water partition coefficient (Wildman–Crippen LogP) is 3.25. The van der Waals surface area contributed by atoms with Crippen molar-refractivity contribution >= 4 is 14.5 Å². The average molecular weight is 374 g/mol. The van der Waals surface area contributed by atoms with Crippen LogP contribution in [-0.4, -0.2) is 54.8 Å². The van der Waals surface area contributed by atoms with Gasteiger partial charge in [-0.15, -0.1) is 0 Å². The first-order valence-corrected chi connectivity index (χ1v) is 9.90. The zero-order chi connectivity index (χ0) is 19.0. The molecule has 0 aromatic carbocycles. The van der Waals surface area contributed by atoms with Crippen LogP contribution in [0.25, 0.3) is 0 Å². The molecule has 0 saturated carbocycles. The van der Waals surface area contributed by atoms with Crippen molar-refractivity contribution in [1.82, 2.24) is 4.67 Å². The first kappa shape index (κ1) is 22.3. The van der Waals surface area contributed by atoms with E-state index in [1.807, 2.05) is 6.92 Å². The predicted molar refractivity (Wildman–Crippen MR) is 95.6 cm³/mol. The second-order valence-electron chi connectivity index (χ2n) is 6.77. The van der Waals surface area contributed by atoms with Crippen molar-refractivity contribution in [2.45, 2.75) is 72.3 Å². The van der Waals surface area contributed by atoms with Gasteiger partial charge in [0.15, 0.2) is 0 Å². The minimum atomic E-state index is -1.32. The van der Waals surface area contributed by atoms with Gasteiger partial charge in [0.1, 0.15) is 12.2 Å². The number of ether oxygens (including phenoxy) is 2. The van der Waals surface area contributed by atoms with E-state index in [0.717, 1.165) is 0 Å². The van der Waals surface area contributed by atoms with E-state index in [9.17, 15) is 4.79 Å². The molecule has 8 heteroatoms. The molecule has 0 aromatic rings. The van der Waals surface area contributed by atoms with E-state index in [0.29, 0.717) is 19.6 Å². The van der Waals surface area contributed by atoms with Gasteiger partial charge in [0.05, 0.1) is 32.3 Å². The second-order valence-corrected chi connectivity index (χ2v) is 8.22. The molecule has 0 N–H and O–H groups in total. The van der Waals surface area contributed by atoms with Crippen LogP contribution in [-0.2, 0) is 23.3 Å². The molecule has 4 atom stereocenters. The van der Waals surface area contributed by atoms with Crippen LogP contribution >= 0.6 is 8.53 Å². The van der Waals surface area contributed by atoms with E-state index in [4.69, 9.17) is 23.8 Å². The van der Waals surface area contributed by atoms with Crippen LogP contribution in [0.2, 0.25) is 0 Å². The molecular formula is C17H31N2O5P. The number of hydrogen-bond donors (Lipinski definition) is 0. The largest absolute Gasteiger partial charge is 0.459 e. The topological polar surface area (TPSA) is 81.0 Å². The van der Waals surface area contributed by atoms with Crippen molar-refractivity contribution in [2.24, 2.45) is 5.92 Å². The highest BCUT2D eigenvalue weighted by molar-refractivity contribution is 7.44. The molecule has 0 radical (unpaired) electrons. The lowest BCUT2D eigenvalue weighted by Gasteiger charge is -2.36. The molecule has 144 valence electrons. The molecule has 25 heavy (non-hydrogen) atoms. The summed E-state index contributed by atoms with van der Waals surface area (Å²) in [6, 6.07) is 2.56. The maximum absolute atomic E-state index is 11.3. The molecule has 0 amide bonds. The van der Waals surface area contributed by atoms with Gasteiger partial charge < -0.3 is 18.5 Å². The van der Waals surface area contributed by atoms with Crippen molar-refractivity contribution in [2.75, 3.05) is 19.8 Å². The summed E-state index contributed by atoms with van der Waals surface area (Å²) in [4.78, 5) is 11.3. The van der Waals surface area contributed by atoms with Crippen molar-refractivity contribution in [1.29, 1.82) is 5.26 Å². The normalized spacial score (nSPS) is 24.7. The van der Waals surface area contributed by atoms with Gasteiger partial charge in [-0.05, 0) is 27.7 Å². The monoisotopic (exact) mass is 374 g/mol. The molecule has 7 nitrogen and oxygen atoms in total. The number of carbonyl (C=O) groups excluding carboxylic acids is 1. The lowest BCUT2D eigenvalue weighted by molar-refractivity contribution is -0.151. The number of rotatable bonds is 10. The van der Waals surface area contributed by atoms with Crippen molar-refractivity contribution in [3.8, 4) is 6.07 Å². The Kier molecular flexibility index (Phi) is 9.84. The molecule has 0 spiro atoms. The number of carbonyl (C=O) groups is 1. The molecule has 1 heterocycles. The van der Waals surface area contributed by atoms with Gasteiger partial charge in [-0.2, -0.15) is 5.26 Å². The summed E-state index contributed by atoms with van der Waals surface area (Å²) in [5.74, 6) is -0.180. The van der Waals surface area contributed by atoms with Crippen LogP contribution in [0.15, 0.2) is 0 Å². The van der Waals surface area contributed by atoms with E-state index >= 15 is 0 Å². The molecular weight excluding hydrogens is 343 g/mol. The third-order valence-electron chi connectivity index (χ3n) is 3.81. The Morgan fingerprint density at radius 1 is 1.32 bits per heavy atom. The molecule has 1 saturated heterocycles. The van der Waals surface area contributed by atoms with Crippen LogP contribution in [0.1, 0.15) is 48.0 Å². The lowest BCUT2D eigenvalue weighted by atomic mass is 10.0. The van der Waals surface area contributed by atoms with Crippen LogP contribution in [0.3, 0.4) is 0 Å². The van der Waals surface area contributed by atoms with E-state index < -0.39 is 8.53 Å². The minimum absolute atomic E-state index is 0.134. The summed E-state index contributed by atoms with van der Waals surface area (Å²) in [6.07, 6.45) is -0.288. The summed E-state index contributed by atoms with van der Waals surface area (Å²) in [5.41, 5.74) is 0. The van der Waals surface area contributed by atoms with Gasteiger partial charge in [-0.1, -0.05) is 6.92 Å². The van der Waals surface area contributed by atoms with Gasteiger partial charge >= 0.3 is 5.97 Å². The van der Waals surface area contributed by atoms with Crippen molar-refractivity contribution in [3.05, 3.63) is 0 Å². The third-order valence-corrected chi connectivity index (χ3v) is 5.89. The molecule has 1 aliphatic heterocycles. The Morgan fingerprint density at radius 3 is 2.48 bits per heavy atom. The maximum atomic E-state index is 11.3. The Hall–Kier alpha value is -0.770. The molecule has 0 aliphatic carbocycles. The number of nitrogens with zero attached hydrogens (tertiary/aromatic N) is 2. The highest BCUT2D eigenvalue weighted by atomic mass is 31.2. The fourth-order valence-corrected chi connectivity index (χ4v) is 4.43.